The number of para-hydroxylation sites is 2. The Labute approximate surface area is 228 Å². The molecule has 1 amide bonds. The molecule has 0 aliphatic carbocycles. The average Bonchev–Trinajstić information content (AvgIpc) is 2.95. The van der Waals surface area contributed by atoms with E-state index in [9.17, 15) is 15.0 Å². The van der Waals surface area contributed by atoms with Crippen molar-refractivity contribution in [1.82, 2.24) is 10.2 Å². The Morgan fingerprint density at radius 2 is 1.89 bits per heavy atom. The maximum Gasteiger partial charge on any atom is 0.222 e. The minimum atomic E-state index is -1.16. The summed E-state index contributed by atoms with van der Waals surface area (Å²) < 4.78 is 11.7. The van der Waals surface area contributed by atoms with Crippen molar-refractivity contribution in [2.45, 2.75) is 57.5 Å². The summed E-state index contributed by atoms with van der Waals surface area (Å²) in [7, 11) is 3.52. The Bertz CT molecular complexity index is 1000. The zero-order chi connectivity index (χ0) is 27.4. The van der Waals surface area contributed by atoms with E-state index in [4.69, 9.17) is 9.47 Å². The van der Waals surface area contributed by atoms with E-state index in [2.05, 4.69) is 18.3 Å². The van der Waals surface area contributed by atoms with E-state index in [0.29, 0.717) is 44.8 Å². The number of methoxy groups -OCH3 is 1. The lowest BCUT2D eigenvalue weighted by Crippen LogP contribution is -2.48. The largest absolute Gasteiger partial charge is 0.457 e. The van der Waals surface area contributed by atoms with Gasteiger partial charge in [-0.05, 0) is 63.3 Å². The maximum atomic E-state index is 13.2. The van der Waals surface area contributed by atoms with Gasteiger partial charge < -0.3 is 29.9 Å². The molecule has 1 aliphatic heterocycles. The standard InChI is InChI=1S/C31H46N2O5/c1-4-25-12-5-7-15-28(25)38-29-16-8-6-14-27(29)31(36,17-9-10-19-37-3)26-13-11-18-33(22-26)30(35)20-24(23-34)21-32-2/h5-8,12,14-16,24,26,32,34,36H,4,9-11,13,17-23H2,1-3H3/t24-,26-,31+/m1/s1. The Morgan fingerprint density at radius 1 is 1.16 bits per heavy atom. The van der Waals surface area contributed by atoms with E-state index in [0.717, 1.165) is 49.0 Å². The SMILES string of the molecule is CCc1ccccc1Oc1ccccc1[C@](O)(CCCCOC)[C@@H]1CCCN(C(=O)C[C@@H](CO)CNC)C1. The summed E-state index contributed by atoms with van der Waals surface area (Å²) in [6.07, 6.45) is 4.99. The Morgan fingerprint density at radius 3 is 2.61 bits per heavy atom. The van der Waals surface area contributed by atoms with Crippen molar-refractivity contribution in [2.75, 3.05) is 47.0 Å². The van der Waals surface area contributed by atoms with Gasteiger partial charge in [0.25, 0.3) is 0 Å². The number of nitrogens with one attached hydrogen (secondary N) is 1. The molecule has 3 rings (SSSR count). The lowest BCUT2D eigenvalue weighted by Gasteiger charge is -2.43. The van der Waals surface area contributed by atoms with Crippen molar-refractivity contribution in [3.05, 3.63) is 59.7 Å². The van der Waals surface area contributed by atoms with E-state index < -0.39 is 5.60 Å². The quantitative estimate of drug-likeness (QED) is 0.296. The van der Waals surface area contributed by atoms with E-state index in [-0.39, 0.29) is 24.3 Å². The molecule has 0 saturated carbocycles. The van der Waals surface area contributed by atoms with Crippen LogP contribution in [0, 0.1) is 11.8 Å². The third kappa shape index (κ3) is 7.79. The molecule has 0 radical (unpaired) electrons. The lowest BCUT2D eigenvalue weighted by atomic mass is 9.73. The summed E-state index contributed by atoms with van der Waals surface area (Å²) in [6, 6.07) is 15.8. The highest BCUT2D eigenvalue weighted by atomic mass is 16.5. The van der Waals surface area contributed by atoms with Crippen LogP contribution in [0.25, 0.3) is 0 Å². The van der Waals surface area contributed by atoms with E-state index in [1.807, 2.05) is 54.4 Å². The lowest BCUT2D eigenvalue weighted by molar-refractivity contribution is -0.138. The van der Waals surface area contributed by atoms with Crippen LogP contribution >= 0.6 is 0 Å². The molecule has 1 aliphatic rings. The molecule has 1 saturated heterocycles. The van der Waals surface area contributed by atoms with Crippen LogP contribution in [0.1, 0.15) is 56.6 Å². The van der Waals surface area contributed by atoms with Gasteiger partial charge in [-0.2, -0.15) is 0 Å². The third-order valence-corrected chi connectivity index (χ3v) is 7.75. The van der Waals surface area contributed by atoms with Crippen LogP contribution in [0.2, 0.25) is 0 Å². The summed E-state index contributed by atoms with van der Waals surface area (Å²) in [5.74, 6) is 1.23. The number of ether oxygens (including phenoxy) is 2. The minimum absolute atomic E-state index is 0.0305. The number of likely N-dealkylation sites (tertiary alicyclic amines) is 1. The first-order valence-corrected chi connectivity index (χ1v) is 14.1. The second kappa shape index (κ2) is 15.2. The first kappa shape index (κ1) is 30.1. The number of piperidine rings is 1. The van der Waals surface area contributed by atoms with Crippen molar-refractivity contribution in [3.8, 4) is 11.5 Å². The highest BCUT2D eigenvalue weighted by molar-refractivity contribution is 5.76. The number of aliphatic hydroxyl groups excluding tert-OH is 1. The number of aliphatic hydroxyl groups is 2. The number of unbranched alkanes of at least 4 members (excludes halogenated alkanes) is 1. The van der Waals surface area contributed by atoms with Crippen LogP contribution in [0.15, 0.2) is 48.5 Å². The van der Waals surface area contributed by atoms with Crippen LogP contribution < -0.4 is 10.1 Å². The van der Waals surface area contributed by atoms with Gasteiger partial charge in [0.2, 0.25) is 5.91 Å². The first-order chi connectivity index (χ1) is 18.5. The number of amides is 1. The molecule has 7 nitrogen and oxygen atoms in total. The molecule has 2 aromatic rings. The second-order valence-electron chi connectivity index (χ2n) is 10.4. The summed E-state index contributed by atoms with van der Waals surface area (Å²) >= 11 is 0. The van der Waals surface area contributed by atoms with Crippen LogP contribution in [0.5, 0.6) is 11.5 Å². The van der Waals surface area contributed by atoms with Crippen molar-refractivity contribution in [1.29, 1.82) is 0 Å². The Balaban J connectivity index is 1.90. The smallest absolute Gasteiger partial charge is 0.222 e. The van der Waals surface area contributed by atoms with Gasteiger partial charge in [0.1, 0.15) is 11.5 Å². The summed E-state index contributed by atoms with van der Waals surface area (Å²) in [5, 5.41) is 25.2. The predicted octanol–water partition coefficient (Wildman–Crippen LogP) is 4.50. The molecule has 1 fully saturated rings. The fraction of sp³-hybridized carbons (Fsp3) is 0.581. The molecule has 0 unspecified atom stereocenters. The number of benzene rings is 2. The molecule has 0 aromatic heterocycles. The maximum absolute atomic E-state index is 13.2. The number of carbonyl (C=O) groups is 1. The molecule has 210 valence electrons. The van der Waals surface area contributed by atoms with Crippen molar-refractivity contribution < 1.29 is 24.5 Å². The van der Waals surface area contributed by atoms with Crippen LogP contribution in [0.3, 0.4) is 0 Å². The van der Waals surface area contributed by atoms with E-state index in [1.54, 1.807) is 7.11 Å². The van der Waals surface area contributed by atoms with Gasteiger partial charge in [-0.1, -0.05) is 43.3 Å². The topological polar surface area (TPSA) is 91.3 Å². The van der Waals surface area contributed by atoms with Crippen molar-refractivity contribution >= 4 is 5.91 Å². The van der Waals surface area contributed by atoms with Gasteiger partial charge in [-0.15, -0.1) is 0 Å². The molecule has 0 bridgehead atoms. The average molecular weight is 527 g/mol. The number of hydrogen-bond acceptors (Lipinski definition) is 6. The summed E-state index contributed by atoms with van der Waals surface area (Å²) in [4.78, 5) is 15.1. The zero-order valence-corrected chi connectivity index (χ0v) is 23.3. The number of nitrogens with zero attached hydrogens (tertiary/aromatic N) is 1. The van der Waals surface area contributed by atoms with Gasteiger partial charge in [-0.3, -0.25) is 4.79 Å². The predicted molar refractivity (Wildman–Crippen MR) is 150 cm³/mol. The highest BCUT2D eigenvalue weighted by Crippen LogP contribution is 2.44. The number of carbonyl (C=O) groups excluding carboxylic acids is 1. The number of rotatable bonds is 15. The summed E-state index contributed by atoms with van der Waals surface area (Å²) in [5.41, 5.74) is 0.720. The summed E-state index contributed by atoms with van der Waals surface area (Å²) in [6.45, 7) is 4.46. The van der Waals surface area contributed by atoms with Gasteiger partial charge in [0.15, 0.2) is 0 Å². The minimum Gasteiger partial charge on any atom is -0.457 e. The van der Waals surface area contributed by atoms with Crippen LogP contribution in [0.4, 0.5) is 0 Å². The fourth-order valence-electron chi connectivity index (χ4n) is 5.59. The molecule has 1 heterocycles. The third-order valence-electron chi connectivity index (χ3n) is 7.75. The number of aryl methyl sites for hydroxylation is 1. The molecule has 3 N–H and O–H groups in total. The molecule has 38 heavy (non-hydrogen) atoms. The monoisotopic (exact) mass is 526 g/mol. The van der Waals surface area contributed by atoms with E-state index in [1.165, 1.54) is 0 Å². The number of hydrogen-bond donors (Lipinski definition) is 3. The molecule has 7 heteroatoms. The molecular weight excluding hydrogens is 480 g/mol. The molecule has 2 aromatic carbocycles. The Kier molecular flexibility index (Phi) is 12.1. The van der Waals surface area contributed by atoms with Crippen molar-refractivity contribution in [3.63, 3.8) is 0 Å². The molecule has 0 spiro atoms. The second-order valence-corrected chi connectivity index (χ2v) is 10.4. The zero-order valence-electron chi connectivity index (χ0n) is 23.3. The van der Waals surface area contributed by atoms with E-state index >= 15 is 0 Å². The van der Waals surface area contributed by atoms with Crippen molar-refractivity contribution in [2.24, 2.45) is 11.8 Å². The molecular formula is C31H46N2O5. The van der Waals surface area contributed by atoms with Gasteiger partial charge in [-0.25, -0.2) is 0 Å². The highest BCUT2D eigenvalue weighted by Gasteiger charge is 2.43. The van der Waals surface area contributed by atoms with Gasteiger partial charge in [0, 0.05) is 63.8 Å². The normalized spacial score (nSPS) is 18.1. The van der Waals surface area contributed by atoms with Crippen LogP contribution in [-0.4, -0.2) is 68.0 Å². The first-order valence-electron chi connectivity index (χ1n) is 14.1. The van der Waals surface area contributed by atoms with Gasteiger partial charge in [0.05, 0.1) is 5.60 Å². The van der Waals surface area contributed by atoms with Gasteiger partial charge >= 0.3 is 0 Å². The molecule has 3 atom stereocenters. The Hall–Kier alpha value is -2.45. The fourth-order valence-corrected chi connectivity index (χ4v) is 5.59. The van der Waals surface area contributed by atoms with Crippen LogP contribution in [-0.2, 0) is 21.6 Å².